The number of amides is 1. The number of benzene rings is 1. The molecule has 0 spiro atoms. The van der Waals surface area contributed by atoms with Gasteiger partial charge in [-0.1, -0.05) is 42.8 Å². The van der Waals surface area contributed by atoms with Gasteiger partial charge >= 0.3 is 0 Å². The maximum absolute atomic E-state index is 12.6. The molecule has 21 heavy (non-hydrogen) atoms. The zero-order valence-corrected chi connectivity index (χ0v) is 14.0. The first-order valence-corrected chi connectivity index (χ1v) is 8.67. The molecule has 5 heteroatoms. The van der Waals surface area contributed by atoms with Gasteiger partial charge in [0.1, 0.15) is 10.8 Å². The van der Waals surface area contributed by atoms with E-state index in [1.54, 1.807) is 16.7 Å². The summed E-state index contributed by atoms with van der Waals surface area (Å²) in [6.07, 6.45) is 2.97. The highest BCUT2D eigenvalue weighted by Crippen LogP contribution is 2.23. The molecule has 0 bridgehead atoms. The lowest BCUT2D eigenvalue weighted by Crippen LogP contribution is -2.38. The second kappa shape index (κ2) is 7.14. The molecule has 0 saturated heterocycles. The summed E-state index contributed by atoms with van der Waals surface area (Å²) in [6.45, 7) is 2.09. The van der Waals surface area contributed by atoms with Gasteiger partial charge in [-0.2, -0.15) is 11.8 Å². The van der Waals surface area contributed by atoms with Crippen molar-refractivity contribution in [1.82, 2.24) is 9.88 Å². The van der Waals surface area contributed by atoms with Crippen LogP contribution in [0.5, 0.6) is 0 Å². The number of carbonyl (C=O) groups excluding carboxylic acids is 1. The van der Waals surface area contributed by atoms with E-state index >= 15 is 0 Å². The van der Waals surface area contributed by atoms with E-state index in [1.807, 2.05) is 43.6 Å². The van der Waals surface area contributed by atoms with Gasteiger partial charge in [-0.05, 0) is 24.1 Å². The van der Waals surface area contributed by atoms with Gasteiger partial charge in [0.25, 0.3) is 5.91 Å². The van der Waals surface area contributed by atoms with Crippen LogP contribution in [0.1, 0.15) is 23.8 Å². The number of thioether (sulfide) groups is 1. The maximum atomic E-state index is 12.6. The lowest BCUT2D eigenvalue weighted by atomic mass is 10.1. The fourth-order valence-electron chi connectivity index (χ4n) is 2.31. The summed E-state index contributed by atoms with van der Waals surface area (Å²) >= 11 is 7.94. The molecule has 0 aliphatic rings. The van der Waals surface area contributed by atoms with E-state index in [9.17, 15) is 4.79 Å². The van der Waals surface area contributed by atoms with Gasteiger partial charge in [0.2, 0.25) is 0 Å². The van der Waals surface area contributed by atoms with Gasteiger partial charge in [0, 0.05) is 24.2 Å². The zero-order chi connectivity index (χ0) is 15.4. The molecule has 0 saturated carbocycles. The Labute approximate surface area is 134 Å². The molecular formula is C16H19ClN2OS. The molecular weight excluding hydrogens is 304 g/mol. The fourth-order valence-corrected chi connectivity index (χ4v) is 3.42. The van der Waals surface area contributed by atoms with Gasteiger partial charge in [-0.3, -0.25) is 4.79 Å². The number of nitrogens with zero attached hydrogens (tertiary/aromatic N) is 2. The highest BCUT2D eigenvalue weighted by Gasteiger charge is 2.21. The Balaban J connectivity index is 2.34. The topological polar surface area (TPSA) is 33.2 Å². The molecule has 1 amide bonds. The van der Waals surface area contributed by atoms with E-state index in [4.69, 9.17) is 11.6 Å². The van der Waals surface area contributed by atoms with Gasteiger partial charge < -0.3 is 4.90 Å². The summed E-state index contributed by atoms with van der Waals surface area (Å²) < 4.78 is 0. The maximum Gasteiger partial charge on any atom is 0.272 e. The number of carbonyl (C=O) groups is 1. The van der Waals surface area contributed by atoms with Crippen LogP contribution >= 0.6 is 23.4 Å². The summed E-state index contributed by atoms with van der Waals surface area (Å²) in [5.41, 5.74) is 0.403. The molecule has 0 radical (unpaired) electrons. The molecule has 3 nitrogen and oxygen atoms in total. The summed E-state index contributed by atoms with van der Waals surface area (Å²) in [4.78, 5) is 18.6. The van der Waals surface area contributed by atoms with Gasteiger partial charge in [0.15, 0.2) is 0 Å². The molecule has 1 aromatic carbocycles. The Morgan fingerprint density at radius 1 is 1.43 bits per heavy atom. The van der Waals surface area contributed by atoms with Crippen LogP contribution in [-0.4, -0.2) is 40.9 Å². The molecule has 1 atom stereocenters. The quantitative estimate of drug-likeness (QED) is 0.777. The van der Waals surface area contributed by atoms with E-state index in [0.29, 0.717) is 10.8 Å². The SMILES string of the molecule is CCC(CSC)N(C)C(=O)c1cc2ccccc2c(Cl)n1. The standard InChI is InChI=1S/C16H19ClN2OS/c1-4-12(10-21-3)19(2)16(20)14-9-11-7-5-6-8-13(11)15(17)18-14/h5-9,12H,4,10H2,1-3H3. The number of pyridine rings is 1. The summed E-state index contributed by atoms with van der Waals surface area (Å²) in [5.74, 6) is 0.837. The average Bonchev–Trinajstić information content (AvgIpc) is 2.51. The molecule has 1 heterocycles. The van der Waals surface area contributed by atoms with Crippen LogP contribution in [-0.2, 0) is 0 Å². The van der Waals surface area contributed by atoms with E-state index in [-0.39, 0.29) is 11.9 Å². The van der Waals surface area contributed by atoms with E-state index in [2.05, 4.69) is 11.9 Å². The third-order valence-electron chi connectivity index (χ3n) is 3.61. The fraction of sp³-hybridized carbons (Fsp3) is 0.375. The van der Waals surface area contributed by atoms with Crippen molar-refractivity contribution in [2.24, 2.45) is 0 Å². The van der Waals surface area contributed by atoms with Crippen molar-refractivity contribution in [1.29, 1.82) is 0 Å². The predicted molar refractivity (Wildman–Crippen MR) is 91.3 cm³/mol. The smallest absolute Gasteiger partial charge is 0.272 e. The number of halogens is 1. The van der Waals surface area contributed by atoms with Crippen molar-refractivity contribution in [2.45, 2.75) is 19.4 Å². The van der Waals surface area contributed by atoms with Crippen molar-refractivity contribution >= 4 is 40.0 Å². The van der Waals surface area contributed by atoms with E-state index in [1.165, 1.54) is 0 Å². The number of fused-ring (bicyclic) bond motifs is 1. The van der Waals surface area contributed by atoms with E-state index < -0.39 is 0 Å². The third kappa shape index (κ3) is 3.50. The van der Waals surface area contributed by atoms with Crippen LogP contribution in [0.25, 0.3) is 10.8 Å². The molecule has 112 valence electrons. The number of aromatic nitrogens is 1. The highest BCUT2D eigenvalue weighted by molar-refractivity contribution is 7.98. The van der Waals surface area contributed by atoms with Crippen LogP contribution in [0, 0.1) is 0 Å². The normalized spacial score (nSPS) is 12.4. The second-order valence-electron chi connectivity index (χ2n) is 4.95. The molecule has 1 unspecified atom stereocenters. The monoisotopic (exact) mass is 322 g/mol. The molecule has 0 aliphatic heterocycles. The van der Waals surface area contributed by atoms with Gasteiger partial charge in [-0.15, -0.1) is 0 Å². The molecule has 2 aromatic rings. The first-order chi connectivity index (χ1) is 10.1. The summed E-state index contributed by atoms with van der Waals surface area (Å²) in [5, 5.41) is 2.18. The minimum absolute atomic E-state index is 0.0800. The van der Waals surface area contributed by atoms with Crippen LogP contribution in [0.4, 0.5) is 0 Å². The van der Waals surface area contributed by atoms with Crippen molar-refractivity contribution in [3.05, 3.63) is 41.2 Å². The molecule has 0 N–H and O–H groups in total. The molecule has 2 rings (SSSR count). The molecule has 1 aromatic heterocycles. The lowest BCUT2D eigenvalue weighted by Gasteiger charge is -2.26. The molecule has 0 aliphatic carbocycles. The largest absolute Gasteiger partial charge is 0.337 e. The van der Waals surface area contributed by atoms with Crippen molar-refractivity contribution in [3.63, 3.8) is 0 Å². The lowest BCUT2D eigenvalue weighted by molar-refractivity contribution is 0.0738. The number of rotatable bonds is 5. The number of hydrogen-bond donors (Lipinski definition) is 0. The predicted octanol–water partition coefficient (Wildman–Crippen LogP) is 4.10. The Morgan fingerprint density at radius 2 is 2.14 bits per heavy atom. The Kier molecular flexibility index (Phi) is 5.48. The highest BCUT2D eigenvalue weighted by atomic mass is 35.5. The first kappa shape index (κ1) is 16.1. The third-order valence-corrected chi connectivity index (χ3v) is 4.62. The first-order valence-electron chi connectivity index (χ1n) is 6.89. The van der Waals surface area contributed by atoms with Crippen molar-refractivity contribution in [2.75, 3.05) is 19.1 Å². The average molecular weight is 323 g/mol. The van der Waals surface area contributed by atoms with Crippen LogP contribution in [0.2, 0.25) is 5.15 Å². The minimum Gasteiger partial charge on any atom is -0.337 e. The second-order valence-corrected chi connectivity index (χ2v) is 6.22. The number of hydrogen-bond acceptors (Lipinski definition) is 3. The van der Waals surface area contributed by atoms with Crippen LogP contribution < -0.4 is 0 Å². The van der Waals surface area contributed by atoms with Gasteiger partial charge in [0.05, 0.1) is 0 Å². The minimum atomic E-state index is -0.0800. The Morgan fingerprint density at radius 3 is 2.81 bits per heavy atom. The Hall–Kier alpha value is -1.26. The van der Waals surface area contributed by atoms with Gasteiger partial charge in [-0.25, -0.2) is 4.98 Å². The Bertz CT molecular complexity index is 647. The van der Waals surface area contributed by atoms with Crippen LogP contribution in [0.15, 0.2) is 30.3 Å². The zero-order valence-electron chi connectivity index (χ0n) is 12.5. The summed E-state index contributed by atoms with van der Waals surface area (Å²) in [7, 11) is 1.83. The summed E-state index contributed by atoms with van der Waals surface area (Å²) in [6, 6.07) is 9.71. The molecule has 0 fully saturated rings. The van der Waals surface area contributed by atoms with Crippen molar-refractivity contribution in [3.8, 4) is 0 Å². The van der Waals surface area contributed by atoms with Crippen LogP contribution in [0.3, 0.4) is 0 Å². The van der Waals surface area contributed by atoms with Crippen molar-refractivity contribution < 1.29 is 4.79 Å². The van der Waals surface area contributed by atoms with E-state index in [0.717, 1.165) is 22.9 Å².